The number of nitrogens with one attached hydrogen (secondary N) is 2. The normalized spacial score (nSPS) is 27.4. The second kappa shape index (κ2) is 6.24. The molecule has 2 N–H and O–H groups in total. The van der Waals surface area contributed by atoms with Crippen LogP contribution < -0.4 is 10.6 Å². The maximum Gasteiger partial charge on any atom is 0.227 e. The molecule has 1 amide bonds. The fraction of sp³-hybridized carbons (Fsp3) is 0.923. The summed E-state index contributed by atoms with van der Waals surface area (Å²) >= 11 is 0. The standard InChI is InChI=1S/C13H26N2O/c1-4-7-11(5-2)15-12(16)13(3)8-6-9-14-10-13/h11,14H,4-10H2,1-3H3,(H,15,16). The molecule has 1 rings (SSSR count). The number of hydrogen-bond donors (Lipinski definition) is 2. The molecule has 3 nitrogen and oxygen atoms in total. The van der Waals surface area contributed by atoms with Crippen molar-refractivity contribution in [2.45, 2.75) is 58.9 Å². The Morgan fingerprint density at radius 1 is 1.50 bits per heavy atom. The van der Waals surface area contributed by atoms with Crippen LogP contribution in [0, 0.1) is 5.41 Å². The average molecular weight is 226 g/mol. The Balaban J connectivity index is 2.48. The van der Waals surface area contributed by atoms with Crippen LogP contribution in [-0.4, -0.2) is 25.0 Å². The van der Waals surface area contributed by atoms with E-state index in [-0.39, 0.29) is 11.3 Å². The number of piperidine rings is 1. The Morgan fingerprint density at radius 3 is 2.75 bits per heavy atom. The second-order valence-corrected chi connectivity index (χ2v) is 5.21. The Bertz CT molecular complexity index is 222. The molecule has 0 radical (unpaired) electrons. The van der Waals surface area contributed by atoms with Gasteiger partial charge in [-0.15, -0.1) is 0 Å². The molecular weight excluding hydrogens is 200 g/mol. The monoisotopic (exact) mass is 226 g/mol. The smallest absolute Gasteiger partial charge is 0.227 e. The molecule has 1 heterocycles. The molecular formula is C13H26N2O. The molecule has 0 bridgehead atoms. The van der Waals surface area contributed by atoms with Crippen molar-refractivity contribution in [3.05, 3.63) is 0 Å². The highest BCUT2D eigenvalue weighted by atomic mass is 16.2. The highest BCUT2D eigenvalue weighted by Gasteiger charge is 2.35. The molecule has 0 aliphatic carbocycles. The molecule has 3 heteroatoms. The van der Waals surface area contributed by atoms with Gasteiger partial charge in [0.25, 0.3) is 0 Å². The molecule has 0 spiro atoms. The van der Waals surface area contributed by atoms with Gasteiger partial charge in [0.1, 0.15) is 0 Å². The van der Waals surface area contributed by atoms with Gasteiger partial charge in [-0.05, 0) is 39.2 Å². The van der Waals surface area contributed by atoms with E-state index in [9.17, 15) is 4.79 Å². The first kappa shape index (κ1) is 13.5. The van der Waals surface area contributed by atoms with Gasteiger partial charge in [-0.3, -0.25) is 4.79 Å². The van der Waals surface area contributed by atoms with Crippen molar-refractivity contribution in [2.24, 2.45) is 5.41 Å². The van der Waals surface area contributed by atoms with Crippen LogP contribution in [0.3, 0.4) is 0 Å². The maximum absolute atomic E-state index is 12.2. The lowest BCUT2D eigenvalue weighted by molar-refractivity contribution is -0.131. The summed E-state index contributed by atoms with van der Waals surface area (Å²) in [7, 11) is 0. The van der Waals surface area contributed by atoms with E-state index in [1.807, 2.05) is 0 Å². The van der Waals surface area contributed by atoms with E-state index < -0.39 is 0 Å². The number of amides is 1. The average Bonchev–Trinajstić information content (AvgIpc) is 2.29. The Hall–Kier alpha value is -0.570. The SMILES string of the molecule is CCCC(CC)NC(=O)C1(C)CCCNC1. The van der Waals surface area contributed by atoms with Crippen molar-refractivity contribution in [1.82, 2.24) is 10.6 Å². The summed E-state index contributed by atoms with van der Waals surface area (Å²) in [6.45, 7) is 8.25. The van der Waals surface area contributed by atoms with Gasteiger partial charge in [-0.1, -0.05) is 20.3 Å². The van der Waals surface area contributed by atoms with Crippen molar-refractivity contribution in [3.63, 3.8) is 0 Å². The van der Waals surface area contributed by atoms with E-state index in [0.717, 1.165) is 45.2 Å². The van der Waals surface area contributed by atoms with Gasteiger partial charge in [0.2, 0.25) is 5.91 Å². The first-order valence-electron chi connectivity index (χ1n) is 6.64. The zero-order valence-corrected chi connectivity index (χ0v) is 10.9. The third kappa shape index (κ3) is 3.48. The van der Waals surface area contributed by atoms with E-state index in [0.29, 0.717) is 6.04 Å². The lowest BCUT2D eigenvalue weighted by atomic mass is 9.81. The lowest BCUT2D eigenvalue weighted by Crippen LogP contribution is -2.51. The van der Waals surface area contributed by atoms with E-state index in [2.05, 4.69) is 31.4 Å². The molecule has 0 saturated carbocycles. The third-order valence-corrected chi connectivity index (χ3v) is 3.61. The molecule has 16 heavy (non-hydrogen) atoms. The van der Waals surface area contributed by atoms with Crippen LogP contribution in [0.5, 0.6) is 0 Å². The van der Waals surface area contributed by atoms with Crippen LogP contribution in [0.4, 0.5) is 0 Å². The molecule has 2 atom stereocenters. The van der Waals surface area contributed by atoms with Crippen molar-refractivity contribution >= 4 is 5.91 Å². The van der Waals surface area contributed by atoms with Crippen LogP contribution in [-0.2, 0) is 4.79 Å². The molecule has 0 aromatic heterocycles. The number of carbonyl (C=O) groups excluding carboxylic acids is 1. The minimum atomic E-state index is -0.195. The summed E-state index contributed by atoms with van der Waals surface area (Å²) in [5.74, 6) is 0.236. The number of carbonyl (C=O) groups is 1. The van der Waals surface area contributed by atoms with Gasteiger partial charge in [0, 0.05) is 12.6 Å². The summed E-state index contributed by atoms with van der Waals surface area (Å²) in [4.78, 5) is 12.2. The minimum absolute atomic E-state index is 0.195. The molecule has 1 aliphatic rings. The minimum Gasteiger partial charge on any atom is -0.353 e. The fourth-order valence-corrected chi connectivity index (χ4v) is 2.34. The van der Waals surface area contributed by atoms with Crippen molar-refractivity contribution in [3.8, 4) is 0 Å². The molecule has 0 aromatic carbocycles. The highest BCUT2D eigenvalue weighted by molar-refractivity contribution is 5.82. The van der Waals surface area contributed by atoms with Crippen LogP contribution in [0.1, 0.15) is 52.9 Å². The van der Waals surface area contributed by atoms with Gasteiger partial charge < -0.3 is 10.6 Å². The highest BCUT2D eigenvalue weighted by Crippen LogP contribution is 2.25. The van der Waals surface area contributed by atoms with Crippen LogP contribution in [0.25, 0.3) is 0 Å². The van der Waals surface area contributed by atoms with Crippen LogP contribution >= 0.6 is 0 Å². The summed E-state index contributed by atoms with van der Waals surface area (Å²) < 4.78 is 0. The quantitative estimate of drug-likeness (QED) is 0.753. The molecule has 2 unspecified atom stereocenters. The van der Waals surface area contributed by atoms with E-state index in [1.165, 1.54) is 0 Å². The first-order chi connectivity index (χ1) is 7.62. The van der Waals surface area contributed by atoms with Crippen molar-refractivity contribution in [1.29, 1.82) is 0 Å². The first-order valence-corrected chi connectivity index (χ1v) is 6.64. The van der Waals surface area contributed by atoms with Gasteiger partial charge >= 0.3 is 0 Å². The van der Waals surface area contributed by atoms with Crippen molar-refractivity contribution < 1.29 is 4.79 Å². The maximum atomic E-state index is 12.2. The summed E-state index contributed by atoms with van der Waals surface area (Å²) in [6.07, 6.45) is 5.37. The van der Waals surface area contributed by atoms with Crippen LogP contribution in [0.2, 0.25) is 0 Å². The summed E-state index contributed by atoms with van der Waals surface area (Å²) in [5, 5.41) is 6.52. The topological polar surface area (TPSA) is 41.1 Å². The summed E-state index contributed by atoms with van der Waals surface area (Å²) in [5.41, 5.74) is -0.195. The zero-order valence-electron chi connectivity index (χ0n) is 10.9. The van der Waals surface area contributed by atoms with Gasteiger partial charge in [-0.2, -0.15) is 0 Å². The molecule has 0 aromatic rings. The summed E-state index contributed by atoms with van der Waals surface area (Å²) in [6, 6.07) is 0.358. The molecule has 1 fully saturated rings. The Labute approximate surface area is 99.4 Å². The lowest BCUT2D eigenvalue weighted by Gasteiger charge is -2.34. The predicted molar refractivity (Wildman–Crippen MR) is 67.3 cm³/mol. The number of rotatable bonds is 5. The Morgan fingerprint density at radius 2 is 2.25 bits per heavy atom. The van der Waals surface area contributed by atoms with Gasteiger partial charge in [0.05, 0.1) is 5.41 Å². The Kier molecular flexibility index (Phi) is 5.26. The van der Waals surface area contributed by atoms with E-state index in [1.54, 1.807) is 0 Å². The predicted octanol–water partition coefficient (Wildman–Crippen LogP) is 2.07. The van der Waals surface area contributed by atoms with Gasteiger partial charge in [0.15, 0.2) is 0 Å². The second-order valence-electron chi connectivity index (χ2n) is 5.21. The van der Waals surface area contributed by atoms with Crippen LogP contribution in [0.15, 0.2) is 0 Å². The van der Waals surface area contributed by atoms with E-state index in [4.69, 9.17) is 0 Å². The van der Waals surface area contributed by atoms with E-state index >= 15 is 0 Å². The van der Waals surface area contributed by atoms with Gasteiger partial charge in [-0.25, -0.2) is 0 Å². The number of hydrogen-bond acceptors (Lipinski definition) is 2. The zero-order chi connectivity index (χ0) is 12.0. The molecule has 1 saturated heterocycles. The third-order valence-electron chi connectivity index (χ3n) is 3.61. The largest absolute Gasteiger partial charge is 0.353 e. The molecule has 94 valence electrons. The van der Waals surface area contributed by atoms with Crippen molar-refractivity contribution in [2.75, 3.05) is 13.1 Å². The molecule has 1 aliphatic heterocycles. The fourth-order valence-electron chi connectivity index (χ4n) is 2.34.